The summed E-state index contributed by atoms with van der Waals surface area (Å²) in [5.41, 5.74) is 2.11. The van der Waals surface area contributed by atoms with Gasteiger partial charge in [-0.15, -0.1) is 0 Å². The molecule has 2 saturated heterocycles. The highest BCUT2D eigenvalue weighted by atomic mass is 15.2. The van der Waals surface area contributed by atoms with Crippen molar-refractivity contribution in [1.82, 2.24) is 10.2 Å². The minimum Gasteiger partial charge on any atom is -0.316 e. The number of hydrogen-bond acceptors (Lipinski definition) is 2. The lowest BCUT2D eigenvalue weighted by Crippen LogP contribution is -2.29. The van der Waals surface area contributed by atoms with E-state index >= 15 is 0 Å². The molecule has 98 valence electrons. The van der Waals surface area contributed by atoms with Crippen molar-refractivity contribution in [3.05, 3.63) is 35.9 Å². The third-order valence-electron chi connectivity index (χ3n) is 4.63. The second kappa shape index (κ2) is 5.41. The summed E-state index contributed by atoms with van der Waals surface area (Å²) in [5, 5.41) is 3.53. The highest BCUT2D eigenvalue weighted by Crippen LogP contribution is 2.35. The van der Waals surface area contributed by atoms with Crippen LogP contribution in [-0.2, 0) is 6.42 Å². The molecule has 2 aliphatic heterocycles. The van der Waals surface area contributed by atoms with Gasteiger partial charge in [0.1, 0.15) is 0 Å². The van der Waals surface area contributed by atoms with E-state index in [1.807, 2.05) is 0 Å². The zero-order valence-corrected chi connectivity index (χ0v) is 11.2. The monoisotopic (exact) mass is 244 g/mol. The maximum Gasteiger partial charge on any atom is 0.00511 e. The summed E-state index contributed by atoms with van der Waals surface area (Å²) in [4.78, 5) is 2.68. The van der Waals surface area contributed by atoms with Crippen molar-refractivity contribution < 1.29 is 0 Å². The van der Waals surface area contributed by atoms with Crippen LogP contribution < -0.4 is 5.32 Å². The molecule has 1 spiro atoms. The molecule has 1 aromatic rings. The van der Waals surface area contributed by atoms with Crippen molar-refractivity contribution in [2.75, 3.05) is 32.7 Å². The fourth-order valence-electron chi connectivity index (χ4n) is 3.51. The predicted molar refractivity (Wildman–Crippen MR) is 75.7 cm³/mol. The molecule has 0 aliphatic carbocycles. The molecule has 1 N–H and O–H groups in total. The molecule has 0 radical (unpaired) electrons. The molecular weight excluding hydrogens is 220 g/mol. The summed E-state index contributed by atoms with van der Waals surface area (Å²) < 4.78 is 0. The Morgan fingerprint density at radius 3 is 2.83 bits per heavy atom. The zero-order valence-electron chi connectivity index (χ0n) is 11.2. The van der Waals surface area contributed by atoms with Crippen LogP contribution in [0.5, 0.6) is 0 Å². The first-order valence-electron chi connectivity index (χ1n) is 7.33. The van der Waals surface area contributed by atoms with E-state index in [0.717, 1.165) is 0 Å². The normalized spacial score (nSPS) is 28.2. The Labute approximate surface area is 110 Å². The lowest BCUT2D eigenvalue weighted by Gasteiger charge is -2.22. The lowest BCUT2D eigenvalue weighted by molar-refractivity contribution is 0.272. The second-order valence-corrected chi connectivity index (χ2v) is 6.04. The SMILES string of the molecule is c1ccc(CCCN2CCC3(CCNC3)C2)cc1. The van der Waals surface area contributed by atoms with E-state index in [-0.39, 0.29) is 0 Å². The molecule has 2 heteroatoms. The first-order chi connectivity index (χ1) is 8.86. The molecule has 3 rings (SSSR count). The molecule has 1 unspecified atom stereocenters. The summed E-state index contributed by atoms with van der Waals surface area (Å²) in [6.45, 7) is 6.40. The van der Waals surface area contributed by atoms with Gasteiger partial charge in [0.25, 0.3) is 0 Å². The number of aryl methyl sites for hydroxylation is 1. The summed E-state index contributed by atoms with van der Waals surface area (Å²) in [6.07, 6.45) is 5.32. The van der Waals surface area contributed by atoms with Crippen LogP contribution in [0.1, 0.15) is 24.8 Å². The Kier molecular flexibility index (Phi) is 3.67. The van der Waals surface area contributed by atoms with Crippen LogP contribution in [0.15, 0.2) is 30.3 Å². The maximum absolute atomic E-state index is 3.53. The van der Waals surface area contributed by atoms with Crippen LogP contribution in [0.4, 0.5) is 0 Å². The van der Waals surface area contributed by atoms with Gasteiger partial charge in [-0.3, -0.25) is 0 Å². The molecule has 0 aromatic heterocycles. The largest absolute Gasteiger partial charge is 0.316 e. The van der Waals surface area contributed by atoms with Crippen molar-refractivity contribution in [3.63, 3.8) is 0 Å². The van der Waals surface area contributed by atoms with Gasteiger partial charge < -0.3 is 10.2 Å². The second-order valence-electron chi connectivity index (χ2n) is 6.04. The van der Waals surface area contributed by atoms with E-state index in [0.29, 0.717) is 5.41 Å². The van der Waals surface area contributed by atoms with Gasteiger partial charge in [-0.05, 0) is 56.3 Å². The van der Waals surface area contributed by atoms with Crippen molar-refractivity contribution in [2.45, 2.75) is 25.7 Å². The summed E-state index contributed by atoms with van der Waals surface area (Å²) in [5.74, 6) is 0. The van der Waals surface area contributed by atoms with Gasteiger partial charge in [0.2, 0.25) is 0 Å². The van der Waals surface area contributed by atoms with Crippen LogP contribution in [0.3, 0.4) is 0 Å². The Bertz CT molecular complexity index is 368. The van der Waals surface area contributed by atoms with Crippen LogP contribution >= 0.6 is 0 Å². The highest BCUT2D eigenvalue weighted by molar-refractivity contribution is 5.14. The van der Waals surface area contributed by atoms with Crippen LogP contribution in [0, 0.1) is 5.41 Å². The Morgan fingerprint density at radius 1 is 1.17 bits per heavy atom. The fourth-order valence-corrected chi connectivity index (χ4v) is 3.51. The molecule has 2 nitrogen and oxygen atoms in total. The Hall–Kier alpha value is -0.860. The van der Waals surface area contributed by atoms with E-state index in [9.17, 15) is 0 Å². The minimum atomic E-state index is 0.632. The van der Waals surface area contributed by atoms with Crippen LogP contribution in [0.25, 0.3) is 0 Å². The number of hydrogen-bond donors (Lipinski definition) is 1. The predicted octanol–water partition coefficient (Wildman–Crippen LogP) is 2.30. The van der Waals surface area contributed by atoms with Crippen molar-refractivity contribution in [2.24, 2.45) is 5.41 Å². The van der Waals surface area contributed by atoms with E-state index in [1.165, 1.54) is 64.0 Å². The van der Waals surface area contributed by atoms with Crippen LogP contribution in [0.2, 0.25) is 0 Å². The number of rotatable bonds is 4. The summed E-state index contributed by atoms with van der Waals surface area (Å²) in [7, 11) is 0. The van der Waals surface area contributed by atoms with Gasteiger partial charge in [0.15, 0.2) is 0 Å². The average Bonchev–Trinajstić information content (AvgIpc) is 3.02. The van der Waals surface area contributed by atoms with Gasteiger partial charge in [-0.25, -0.2) is 0 Å². The molecule has 0 bridgehead atoms. The van der Waals surface area contributed by atoms with Crippen molar-refractivity contribution >= 4 is 0 Å². The topological polar surface area (TPSA) is 15.3 Å². The Morgan fingerprint density at radius 2 is 2.06 bits per heavy atom. The first-order valence-corrected chi connectivity index (χ1v) is 7.33. The molecule has 0 saturated carbocycles. The highest BCUT2D eigenvalue weighted by Gasteiger charge is 2.39. The van der Waals surface area contributed by atoms with E-state index in [1.54, 1.807) is 0 Å². The molecule has 1 aromatic carbocycles. The number of benzene rings is 1. The van der Waals surface area contributed by atoms with Gasteiger partial charge in [0.05, 0.1) is 0 Å². The van der Waals surface area contributed by atoms with Gasteiger partial charge >= 0.3 is 0 Å². The third kappa shape index (κ3) is 2.76. The molecule has 1 atom stereocenters. The molecule has 2 fully saturated rings. The fraction of sp³-hybridized carbons (Fsp3) is 0.625. The maximum atomic E-state index is 3.53. The number of nitrogens with one attached hydrogen (secondary N) is 1. The summed E-state index contributed by atoms with van der Waals surface area (Å²) in [6, 6.07) is 10.9. The van der Waals surface area contributed by atoms with E-state index in [2.05, 4.69) is 40.5 Å². The lowest BCUT2D eigenvalue weighted by atomic mass is 9.87. The van der Waals surface area contributed by atoms with Crippen molar-refractivity contribution in [1.29, 1.82) is 0 Å². The number of likely N-dealkylation sites (tertiary alicyclic amines) is 1. The molecule has 18 heavy (non-hydrogen) atoms. The minimum absolute atomic E-state index is 0.632. The molecule has 2 heterocycles. The standard InChI is InChI=1S/C16H24N2/c1-2-5-15(6-3-1)7-4-11-18-12-9-16(14-18)8-10-17-13-16/h1-3,5-6,17H,4,7-14H2. The first kappa shape index (κ1) is 12.2. The van der Waals surface area contributed by atoms with Gasteiger partial charge in [-0.1, -0.05) is 30.3 Å². The van der Waals surface area contributed by atoms with Crippen LogP contribution in [-0.4, -0.2) is 37.6 Å². The van der Waals surface area contributed by atoms with E-state index in [4.69, 9.17) is 0 Å². The van der Waals surface area contributed by atoms with E-state index < -0.39 is 0 Å². The quantitative estimate of drug-likeness (QED) is 0.874. The van der Waals surface area contributed by atoms with Crippen molar-refractivity contribution in [3.8, 4) is 0 Å². The number of nitrogens with zero attached hydrogens (tertiary/aromatic N) is 1. The molecule has 2 aliphatic rings. The molecular formula is C16H24N2. The van der Waals surface area contributed by atoms with Gasteiger partial charge in [0, 0.05) is 13.1 Å². The third-order valence-corrected chi connectivity index (χ3v) is 4.63. The zero-order chi connectivity index (χ0) is 12.3. The Balaban J connectivity index is 1.42. The average molecular weight is 244 g/mol. The van der Waals surface area contributed by atoms with Gasteiger partial charge in [-0.2, -0.15) is 0 Å². The smallest absolute Gasteiger partial charge is 0.00511 e. The summed E-state index contributed by atoms with van der Waals surface area (Å²) >= 11 is 0. The molecule has 0 amide bonds.